The summed E-state index contributed by atoms with van der Waals surface area (Å²) in [5.41, 5.74) is 0. The molecule has 0 aromatic carbocycles. The summed E-state index contributed by atoms with van der Waals surface area (Å²) in [6.45, 7) is 9.17. The third kappa shape index (κ3) is 4.40. The molecule has 0 aromatic rings. The minimum absolute atomic E-state index is 0.281. The van der Waals surface area contributed by atoms with Gasteiger partial charge in [0.15, 0.2) is 0 Å². The summed E-state index contributed by atoms with van der Waals surface area (Å²) in [6.07, 6.45) is 2.72. The van der Waals surface area contributed by atoms with Gasteiger partial charge in [-0.15, -0.1) is 0 Å². The molecule has 1 fully saturated rings. The molecule has 1 saturated heterocycles. The molecule has 0 aromatic heterocycles. The molecule has 3 heteroatoms. The quantitative estimate of drug-likeness (QED) is 0.662. The summed E-state index contributed by atoms with van der Waals surface area (Å²) in [6, 6.07) is 0.544. The minimum Gasteiger partial charge on any atom is -0.396 e. The van der Waals surface area contributed by atoms with Crippen LogP contribution in [0.3, 0.4) is 0 Å². The molecule has 2 unspecified atom stereocenters. The Balaban J connectivity index is 2.05. The van der Waals surface area contributed by atoms with Crippen LogP contribution in [0.2, 0.25) is 0 Å². The number of nitrogens with zero attached hydrogens (tertiary/aromatic N) is 1. The minimum atomic E-state index is 0.281. The van der Waals surface area contributed by atoms with Crippen molar-refractivity contribution < 1.29 is 5.11 Å². The van der Waals surface area contributed by atoms with Crippen molar-refractivity contribution >= 4 is 0 Å². The maximum absolute atomic E-state index is 8.88. The largest absolute Gasteiger partial charge is 0.396 e. The Morgan fingerprint density at radius 2 is 1.93 bits per heavy atom. The van der Waals surface area contributed by atoms with Crippen molar-refractivity contribution in [2.24, 2.45) is 5.92 Å². The monoisotopic (exact) mass is 200 g/mol. The Bertz CT molecular complexity index is 146. The molecule has 2 atom stereocenters. The molecular formula is C11H24N2O. The van der Waals surface area contributed by atoms with Crippen molar-refractivity contribution in [3.05, 3.63) is 0 Å². The van der Waals surface area contributed by atoms with Gasteiger partial charge < -0.3 is 15.3 Å². The van der Waals surface area contributed by atoms with Gasteiger partial charge in [0.1, 0.15) is 0 Å². The van der Waals surface area contributed by atoms with Crippen molar-refractivity contribution in [2.75, 3.05) is 32.8 Å². The molecule has 0 saturated carbocycles. The van der Waals surface area contributed by atoms with Gasteiger partial charge in [-0.2, -0.15) is 0 Å². The summed E-state index contributed by atoms with van der Waals surface area (Å²) in [5.74, 6) is 0.371. The third-order valence-electron chi connectivity index (χ3n) is 2.86. The van der Waals surface area contributed by atoms with Crippen LogP contribution in [0.5, 0.6) is 0 Å². The Morgan fingerprint density at radius 1 is 1.29 bits per heavy atom. The van der Waals surface area contributed by atoms with Crippen LogP contribution < -0.4 is 5.32 Å². The lowest BCUT2D eigenvalue weighted by Gasteiger charge is -2.22. The van der Waals surface area contributed by atoms with E-state index in [-0.39, 0.29) is 6.61 Å². The first-order valence-electron chi connectivity index (χ1n) is 5.79. The van der Waals surface area contributed by atoms with E-state index in [1.54, 1.807) is 0 Å². The molecule has 1 rings (SSSR count). The van der Waals surface area contributed by atoms with Crippen molar-refractivity contribution in [2.45, 2.75) is 32.7 Å². The molecule has 0 spiro atoms. The first-order chi connectivity index (χ1) is 6.72. The molecular weight excluding hydrogens is 176 g/mol. The average molecular weight is 200 g/mol. The Labute approximate surface area is 87.5 Å². The van der Waals surface area contributed by atoms with Crippen LogP contribution in [0.1, 0.15) is 26.7 Å². The van der Waals surface area contributed by atoms with E-state index in [4.69, 9.17) is 5.11 Å². The van der Waals surface area contributed by atoms with E-state index >= 15 is 0 Å². The van der Waals surface area contributed by atoms with Gasteiger partial charge in [0.2, 0.25) is 0 Å². The lowest BCUT2D eigenvalue weighted by molar-refractivity contribution is 0.224. The predicted molar refractivity (Wildman–Crippen MR) is 59.4 cm³/mol. The number of nitrogens with one attached hydrogen (secondary N) is 1. The van der Waals surface area contributed by atoms with Crippen molar-refractivity contribution in [1.82, 2.24) is 10.2 Å². The lowest BCUT2D eigenvalue weighted by Crippen LogP contribution is -2.40. The topological polar surface area (TPSA) is 35.5 Å². The van der Waals surface area contributed by atoms with Gasteiger partial charge in [0.25, 0.3) is 0 Å². The van der Waals surface area contributed by atoms with Gasteiger partial charge in [-0.1, -0.05) is 6.92 Å². The second-order valence-corrected chi connectivity index (χ2v) is 4.60. The summed E-state index contributed by atoms with van der Waals surface area (Å²) in [7, 11) is 0. The predicted octanol–water partition coefficient (Wildman–Crippen LogP) is 0.689. The number of aliphatic hydroxyl groups is 1. The first kappa shape index (κ1) is 12.0. The van der Waals surface area contributed by atoms with Crippen LogP contribution in [0.15, 0.2) is 0 Å². The number of hydrogen-bond acceptors (Lipinski definition) is 3. The van der Waals surface area contributed by atoms with Crippen molar-refractivity contribution in [1.29, 1.82) is 0 Å². The standard InChI is InChI=1S/C11H24N2O/c1-10(9-14)7-12-11(2)8-13-5-3-4-6-13/h10-12,14H,3-9H2,1-2H3. The van der Waals surface area contributed by atoms with Gasteiger partial charge in [-0.25, -0.2) is 0 Å². The van der Waals surface area contributed by atoms with Gasteiger partial charge >= 0.3 is 0 Å². The van der Waals surface area contributed by atoms with Gasteiger partial charge in [0, 0.05) is 25.7 Å². The molecule has 1 heterocycles. The Kier molecular flexibility index (Phi) is 5.45. The highest BCUT2D eigenvalue weighted by molar-refractivity contribution is 4.72. The number of aliphatic hydroxyl groups excluding tert-OH is 1. The molecule has 1 aliphatic heterocycles. The molecule has 0 bridgehead atoms. The lowest BCUT2D eigenvalue weighted by atomic mass is 10.2. The highest BCUT2D eigenvalue weighted by atomic mass is 16.3. The first-order valence-corrected chi connectivity index (χ1v) is 5.79. The Hall–Kier alpha value is -0.120. The third-order valence-corrected chi connectivity index (χ3v) is 2.86. The zero-order chi connectivity index (χ0) is 10.4. The van der Waals surface area contributed by atoms with E-state index < -0.39 is 0 Å². The maximum Gasteiger partial charge on any atom is 0.0468 e. The van der Waals surface area contributed by atoms with Crippen LogP contribution in [-0.4, -0.2) is 48.8 Å². The zero-order valence-electron chi connectivity index (χ0n) is 9.50. The van der Waals surface area contributed by atoms with Crippen molar-refractivity contribution in [3.8, 4) is 0 Å². The highest BCUT2D eigenvalue weighted by Crippen LogP contribution is 2.07. The van der Waals surface area contributed by atoms with Gasteiger partial charge in [-0.3, -0.25) is 0 Å². The second-order valence-electron chi connectivity index (χ2n) is 4.60. The fourth-order valence-corrected chi connectivity index (χ4v) is 1.88. The summed E-state index contributed by atoms with van der Waals surface area (Å²) >= 11 is 0. The molecule has 0 amide bonds. The van der Waals surface area contributed by atoms with Crippen LogP contribution in [0.25, 0.3) is 0 Å². The van der Waals surface area contributed by atoms with Crippen LogP contribution in [0.4, 0.5) is 0 Å². The Morgan fingerprint density at radius 3 is 2.50 bits per heavy atom. The van der Waals surface area contributed by atoms with E-state index in [9.17, 15) is 0 Å². The smallest absolute Gasteiger partial charge is 0.0468 e. The van der Waals surface area contributed by atoms with E-state index in [1.165, 1.54) is 25.9 Å². The fraction of sp³-hybridized carbons (Fsp3) is 1.00. The number of hydrogen-bond donors (Lipinski definition) is 2. The molecule has 3 nitrogen and oxygen atoms in total. The summed E-state index contributed by atoms with van der Waals surface area (Å²) in [5, 5.41) is 12.3. The van der Waals surface area contributed by atoms with E-state index in [2.05, 4.69) is 24.1 Å². The van der Waals surface area contributed by atoms with Crippen LogP contribution in [0, 0.1) is 5.92 Å². The van der Waals surface area contributed by atoms with Gasteiger partial charge in [0.05, 0.1) is 0 Å². The normalized spacial score (nSPS) is 22.5. The van der Waals surface area contributed by atoms with Crippen LogP contribution in [-0.2, 0) is 0 Å². The average Bonchev–Trinajstić information content (AvgIpc) is 2.66. The second kappa shape index (κ2) is 6.38. The molecule has 0 radical (unpaired) electrons. The van der Waals surface area contributed by atoms with E-state index in [1.807, 2.05) is 0 Å². The van der Waals surface area contributed by atoms with Crippen molar-refractivity contribution in [3.63, 3.8) is 0 Å². The van der Waals surface area contributed by atoms with E-state index in [0.29, 0.717) is 12.0 Å². The highest BCUT2D eigenvalue weighted by Gasteiger charge is 2.14. The number of rotatable bonds is 6. The molecule has 1 aliphatic rings. The maximum atomic E-state index is 8.88. The molecule has 14 heavy (non-hydrogen) atoms. The zero-order valence-corrected chi connectivity index (χ0v) is 9.50. The molecule has 84 valence electrons. The summed E-state index contributed by atoms with van der Waals surface area (Å²) < 4.78 is 0. The number of likely N-dealkylation sites (tertiary alicyclic amines) is 1. The SMILES string of the molecule is CC(CO)CNC(C)CN1CCCC1. The van der Waals surface area contributed by atoms with Crippen LogP contribution >= 0.6 is 0 Å². The van der Waals surface area contributed by atoms with E-state index in [0.717, 1.165) is 13.1 Å². The molecule has 0 aliphatic carbocycles. The fourth-order valence-electron chi connectivity index (χ4n) is 1.88. The molecule has 2 N–H and O–H groups in total. The summed E-state index contributed by atoms with van der Waals surface area (Å²) in [4.78, 5) is 2.52. The van der Waals surface area contributed by atoms with Gasteiger partial charge in [-0.05, 0) is 38.8 Å².